The van der Waals surface area contributed by atoms with Gasteiger partial charge in [0.25, 0.3) is 0 Å². The molecule has 20 heavy (non-hydrogen) atoms. The van der Waals surface area contributed by atoms with Gasteiger partial charge in [-0.25, -0.2) is 0 Å². The second-order valence-corrected chi connectivity index (χ2v) is 7.63. The van der Waals surface area contributed by atoms with Crippen LogP contribution in [0.3, 0.4) is 0 Å². The van der Waals surface area contributed by atoms with Crippen molar-refractivity contribution in [1.82, 2.24) is 0 Å². The summed E-state index contributed by atoms with van der Waals surface area (Å²) in [5.74, 6) is 0.794. The minimum absolute atomic E-state index is 0.322. The molecule has 4 heteroatoms. The molecule has 1 unspecified atom stereocenters. The molecular weight excluding hydrogens is 320 g/mol. The zero-order chi connectivity index (χ0) is 15.2. The van der Waals surface area contributed by atoms with Crippen LogP contribution >= 0.6 is 15.9 Å². The Balaban J connectivity index is 2.36. The van der Waals surface area contributed by atoms with Gasteiger partial charge in [0.15, 0.2) is 0 Å². The zero-order valence-corrected chi connectivity index (χ0v) is 14.4. The van der Waals surface area contributed by atoms with Crippen LogP contribution in [0.25, 0.3) is 0 Å². The number of rotatable bonds is 3. The molecule has 1 fully saturated rings. The standard InChI is InChI=1S/C16H23BrO3/c1-14(2)10-16(18,15(3,4)20-14)9-11-8-12(17)6-7-13(11)19-5/h6-8,18H,9-10H2,1-5H3. The molecule has 0 saturated carbocycles. The van der Waals surface area contributed by atoms with Gasteiger partial charge < -0.3 is 14.6 Å². The highest BCUT2D eigenvalue weighted by Gasteiger charge is 2.56. The van der Waals surface area contributed by atoms with E-state index in [4.69, 9.17) is 9.47 Å². The van der Waals surface area contributed by atoms with Crippen molar-refractivity contribution in [2.45, 2.75) is 57.3 Å². The number of halogens is 1. The van der Waals surface area contributed by atoms with Crippen LogP contribution in [-0.4, -0.2) is 29.0 Å². The van der Waals surface area contributed by atoms with Gasteiger partial charge in [-0.3, -0.25) is 0 Å². The van der Waals surface area contributed by atoms with E-state index in [9.17, 15) is 5.11 Å². The SMILES string of the molecule is COc1ccc(Br)cc1CC1(O)CC(C)(C)OC1(C)C. The molecule has 0 amide bonds. The maximum atomic E-state index is 11.1. The van der Waals surface area contributed by atoms with E-state index < -0.39 is 11.2 Å². The zero-order valence-electron chi connectivity index (χ0n) is 12.8. The monoisotopic (exact) mass is 342 g/mol. The van der Waals surface area contributed by atoms with E-state index in [1.807, 2.05) is 45.9 Å². The summed E-state index contributed by atoms with van der Waals surface area (Å²) in [6, 6.07) is 5.85. The summed E-state index contributed by atoms with van der Waals surface area (Å²) in [6.45, 7) is 7.94. The molecule has 0 spiro atoms. The van der Waals surface area contributed by atoms with E-state index in [0.717, 1.165) is 15.8 Å². The Morgan fingerprint density at radius 2 is 1.95 bits per heavy atom. The Morgan fingerprint density at radius 3 is 2.45 bits per heavy atom. The van der Waals surface area contributed by atoms with Crippen molar-refractivity contribution < 1.29 is 14.6 Å². The minimum atomic E-state index is -0.912. The maximum absolute atomic E-state index is 11.1. The smallest absolute Gasteiger partial charge is 0.122 e. The highest BCUT2D eigenvalue weighted by atomic mass is 79.9. The summed E-state index contributed by atoms with van der Waals surface area (Å²) in [4.78, 5) is 0. The van der Waals surface area contributed by atoms with Crippen molar-refractivity contribution in [2.24, 2.45) is 0 Å². The van der Waals surface area contributed by atoms with Crippen LogP contribution in [0.1, 0.15) is 39.7 Å². The van der Waals surface area contributed by atoms with Gasteiger partial charge in [0, 0.05) is 17.3 Å². The molecule has 3 nitrogen and oxygen atoms in total. The topological polar surface area (TPSA) is 38.7 Å². The van der Waals surface area contributed by atoms with Crippen LogP contribution in [-0.2, 0) is 11.2 Å². The Labute approximate surface area is 129 Å². The van der Waals surface area contributed by atoms with Gasteiger partial charge in [-0.15, -0.1) is 0 Å². The lowest BCUT2D eigenvalue weighted by Gasteiger charge is -2.35. The molecule has 0 aromatic heterocycles. The average molecular weight is 343 g/mol. The number of benzene rings is 1. The molecule has 2 rings (SSSR count). The molecule has 1 aromatic carbocycles. The van der Waals surface area contributed by atoms with Gasteiger partial charge in [0.1, 0.15) is 5.75 Å². The number of hydrogen-bond donors (Lipinski definition) is 1. The number of aliphatic hydroxyl groups is 1. The molecule has 1 aromatic rings. The van der Waals surface area contributed by atoms with Crippen LogP contribution in [0, 0.1) is 0 Å². The third-order valence-corrected chi connectivity index (χ3v) is 4.59. The molecule has 1 N–H and O–H groups in total. The molecule has 0 bridgehead atoms. The highest BCUT2D eigenvalue weighted by Crippen LogP contribution is 2.47. The van der Waals surface area contributed by atoms with Crippen LogP contribution in [0.4, 0.5) is 0 Å². The largest absolute Gasteiger partial charge is 0.496 e. The van der Waals surface area contributed by atoms with Crippen LogP contribution < -0.4 is 4.74 Å². The lowest BCUT2D eigenvalue weighted by Crippen LogP contribution is -2.48. The first kappa shape index (κ1) is 15.8. The van der Waals surface area contributed by atoms with Crippen molar-refractivity contribution in [1.29, 1.82) is 0 Å². The van der Waals surface area contributed by atoms with E-state index in [-0.39, 0.29) is 5.60 Å². The molecule has 1 heterocycles. The van der Waals surface area contributed by atoms with Crippen molar-refractivity contribution in [2.75, 3.05) is 7.11 Å². The lowest BCUT2D eigenvalue weighted by molar-refractivity contribution is -0.125. The fraction of sp³-hybridized carbons (Fsp3) is 0.625. The molecule has 1 aliphatic heterocycles. The molecule has 1 saturated heterocycles. The van der Waals surface area contributed by atoms with Crippen LogP contribution in [0.5, 0.6) is 5.75 Å². The number of methoxy groups -OCH3 is 1. The summed E-state index contributed by atoms with van der Waals surface area (Å²) in [7, 11) is 1.65. The van der Waals surface area contributed by atoms with E-state index in [1.165, 1.54) is 0 Å². The summed E-state index contributed by atoms with van der Waals surface area (Å²) >= 11 is 3.48. The third-order valence-electron chi connectivity index (χ3n) is 4.10. The first-order chi connectivity index (χ1) is 9.09. The van der Waals surface area contributed by atoms with E-state index in [1.54, 1.807) is 7.11 Å². The summed E-state index contributed by atoms with van der Waals surface area (Å²) in [5, 5.41) is 11.1. The first-order valence-corrected chi connectivity index (χ1v) is 7.63. The van der Waals surface area contributed by atoms with E-state index >= 15 is 0 Å². The first-order valence-electron chi connectivity index (χ1n) is 6.84. The lowest BCUT2D eigenvalue weighted by atomic mass is 9.78. The molecule has 1 aliphatic rings. The van der Waals surface area contributed by atoms with Gasteiger partial charge in [0.05, 0.1) is 23.9 Å². The fourth-order valence-corrected chi connectivity index (χ4v) is 3.62. The second-order valence-electron chi connectivity index (χ2n) is 6.71. The number of ether oxygens (including phenoxy) is 2. The molecule has 112 valence electrons. The van der Waals surface area contributed by atoms with E-state index in [2.05, 4.69) is 15.9 Å². The number of hydrogen-bond acceptors (Lipinski definition) is 3. The normalized spacial score (nSPS) is 27.6. The molecular formula is C16H23BrO3. The highest BCUT2D eigenvalue weighted by molar-refractivity contribution is 9.10. The Bertz CT molecular complexity index is 510. The molecule has 0 radical (unpaired) electrons. The maximum Gasteiger partial charge on any atom is 0.122 e. The second kappa shape index (κ2) is 5.00. The van der Waals surface area contributed by atoms with Gasteiger partial charge in [-0.2, -0.15) is 0 Å². The molecule has 1 atom stereocenters. The Hall–Kier alpha value is -0.580. The van der Waals surface area contributed by atoms with Gasteiger partial charge in [-0.05, 0) is 51.5 Å². The van der Waals surface area contributed by atoms with Gasteiger partial charge in [-0.1, -0.05) is 15.9 Å². The van der Waals surface area contributed by atoms with Crippen molar-refractivity contribution in [3.63, 3.8) is 0 Å². The van der Waals surface area contributed by atoms with Gasteiger partial charge in [0.2, 0.25) is 0 Å². The summed E-state index contributed by atoms with van der Waals surface area (Å²) < 4.78 is 12.4. The predicted molar refractivity (Wildman–Crippen MR) is 83.2 cm³/mol. The Morgan fingerprint density at radius 1 is 1.30 bits per heavy atom. The molecule has 0 aliphatic carbocycles. The van der Waals surface area contributed by atoms with Crippen molar-refractivity contribution in [3.8, 4) is 5.75 Å². The van der Waals surface area contributed by atoms with Crippen LogP contribution in [0.2, 0.25) is 0 Å². The van der Waals surface area contributed by atoms with Crippen molar-refractivity contribution >= 4 is 15.9 Å². The van der Waals surface area contributed by atoms with Crippen molar-refractivity contribution in [3.05, 3.63) is 28.2 Å². The van der Waals surface area contributed by atoms with E-state index in [0.29, 0.717) is 12.8 Å². The fourth-order valence-electron chi connectivity index (χ4n) is 3.21. The average Bonchev–Trinajstić information content (AvgIpc) is 2.42. The Kier molecular flexibility index (Phi) is 3.95. The minimum Gasteiger partial charge on any atom is -0.496 e. The predicted octanol–water partition coefficient (Wildman–Crippen LogP) is 3.71. The van der Waals surface area contributed by atoms with Gasteiger partial charge >= 0.3 is 0 Å². The summed E-state index contributed by atoms with van der Waals surface area (Å²) in [5.41, 5.74) is -0.843. The quantitative estimate of drug-likeness (QED) is 0.909. The third kappa shape index (κ3) is 2.87. The summed E-state index contributed by atoms with van der Waals surface area (Å²) in [6.07, 6.45) is 1.11. The van der Waals surface area contributed by atoms with Crippen LogP contribution in [0.15, 0.2) is 22.7 Å².